The summed E-state index contributed by atoms with van der Waals surface area (Å²) in [5.74, 6) is -0.817. The lowest BCUT2D eigenvalue weighted by molar-refractivity contribution is -0.148. The molecule has 1 aliphatic rings. The largest absolute Gasteiger partial charge is 0.495 e. The third-order valence-electron chi connectivity index (χ3n) is 4.53. The molecule has 2 aromatic rings. The molecule has 0 radical (unpaired) electrons. The van der Waals surface area contributed by atoms with Gasteiger partial charge < -0.3 is 19.5 Å². The van der Waals surface area contributed by atoms with Crippen LogP contribution in [0.25, 0.3) is 0 Å². The van der Waals surface area contributed by atoms with Crippen LogP contribution in [0.15, 0.2) is 47.4 Å². The minimum absolute atomic E-state index is 0.0710. The maximum absolute atomic E-state index is 13.6. The van der Waals surface area contributed by atoms with E-state index in [0.29, 0.717) is 6.54 Å². The van der Waals surface area contributed by atoms with Crippen LogP contribution < -0.4 is 19.1 Å². The Bertz CT molecular complexity index is 1070. The molecule has 3 rings (SSSR count). The van der Waals surface area contributed by atoms with Gasteiger partial charge in [0.25, 0.3) is 15.9 Å². The van der Waals surface area contributed by atoms with Crippen molar-refractivity contribution in [3.05, 3.63) is 48.0 Å². The Morgan fingerprint density at radius 3 is 2.60 bits per heavy atom. The van der Waals surface area contributed by atoms with Gasteiger partial charge in [-0.3, -0.25) is 9.10 Å². The van der Waals surface area contributed by atoms with E-state index >= 15 is 0 Å². The van der Waals surface area contributed by atoms with Gasteiger partial charge in [0.2, 0.25) is 6.10 Å². The highest BCUT2D eigenvalue weighted by molar-refractivity contribution is 7.93. The van der Waals surface area contributed by atoms with Gasteiger partial charge in [-0.25, -0.2) is 13.2 Å². The number of hydrogen-bond acceptors (Lipinski definition) is 7. The van der Waals surface area contributed by atoms with Crippen LogP contribution in [-0.2, 0) is 19.6 Å². The molecule has 10 heteroatoms. The number of rotatable bonds is 6. The number of methoxy groups -OCH3 is 2. The lowest BCUT2D eigenvalue weighted by Gasteiger charge is -2.34. The van der Waals surface area contributed by atoms with Crippen LogP contribution in [0.3, 0.4) is 0 Å². The zero-order valence-corrected chi connectivity index (χ0v) is 17.6. The summed E-state index contributed by atoms with van der Waals surface area (Å²) >= 11 is 0. The summed E-state index contributed by atoms with van der Waals surface area (Å²) in [7, 11) is -1.69. The van der Waals surface area contributed by atoms with Crippen LogP contribution in [0, 0.1) is 0 Å². The third-order valence-corrected chi connectivity index (χ3v) is 6.33. The third kappa shape index (κ3) is 3.90. The standard InChI is InChI=1S/C20H22N2O7S/c1-4-21-19(23)13-9-10-16(27-2)18(11-13)30(25,26)22-12-17(20(24)28-3)29-15-8-6-5-7-14(15)22/h5-11,17H,4,12H2,1-3H3,(H,21,23)/t17-/m0/s1. The highest BCUT2D eigenvalue weighted by atomic mass is 32.2. The molecular weight excluding hydrogens is 412 g/mol. The van der Waals surface area contributed by atoms with Crippen molar-refractivity contribution in [1.82, 2.24) is 5.32 Å². The fourth-order valence-corrected chi connectivity index (χ4v) is 4.75. The molecule has 0 bridgehead atoms. The molecule has 0 aromatic heterocycles. The van der Waals surface area contributed by atoms with Crippen LogP contribution in [0.1, 0.15) is 17.3 Å². The number of carbonyl (C=O) groups excluding carboxylic acids is 2. The first-order valence-corrected chi connectivity index (χ1v) is 10.6. The van der Waals surface area contributed by atoms with Crippen LogP contribution in [-0.4, -0.2) is 53.7 Å². The molecule has 30 heavy (non-hydrogen) atoms. The zero-order valence-electron chi connectivity index (χ0n) is 16.7. The minimum atomic E-state index is -4.22. The number of fused-ring (bicyclic) bond motifs is 1. The minimum Gasteiger partial charge on any atom is -0.495 e. The van der Waals surface area contributed by atoms with Crippen molar-refractivity contribution in [2.24, 2.45) is 0 Å². The van der Waals surface area contributed by atoms with Gasteiger partial charge in [0, 0.05) is 12.1 Å². The number of nitrogens with zero attached hydrogens (tertiary/aromatic N) is 1. The van der Waals surface area contributed by atoms with Crippen LogP contribution in [0.4, 0.5) is 5.69 Å². The summed E-state index contributed by atoms with van der Waals surface area (Å²) in [5, 5.41) is 2.63. The van der Waals surface area contributed by atoms with E-state index in [-0.39, 0.29) is 34.2 Å². The van der Waals surface area contributed by atoms with E-state index in [1.165, 1.54) is 32.4 Å². The molecule has 1 atom stereocenters. The Morgan fingerprint density at radius 1 is 1.20 bits per heavy atom. The molecule has 0 fully saturated rings. The predicted octanol–water partition coefficient (Wildman–Crippen LogP) is 1.57. The van der Waals surface area contributed by atoms with E-state index in [1.807, 2.05) is 0 Å². The first-order chi connectivity index (χ1) is 14.3. The number of nitrogens with one attached hydrogen (secondary N) is 1. The Hall–Kier alpha value is -3.27. The zero-order chi connectivity index (χ0) is 21.9. The second-order valence-corrected chi connectivity index (χ2v) is 8.19. The van der Waals surface area contributed by atoms with Crippen molar-refractivity contribution in [3.8, 4) is 11.5 Å². The van der Waals surface area contributed by atoms with Crippen molar-refractivity contribution < 1.29 is 32.2 Å². The van der Waals surface area contributed by atoms with Crippen LogP contribution in [0.2, 0.25) is 0 Å². The Balaban J connectivity index is 2.13. The molecule has 1 amide bonds. The SMILES string of the molecule is CCNC(=O)c1ccc(OC)c(S(=O)(=O)N2C[C@@H](C(=O)OC)Oc3ccccc32)c1. The summed E-state index contributed by atoms with van der Waals surface area (Å²) in [5.41, 5.74) is 0.436. The predicted molar refractivity (Wildman–Crippen MR) is 108 cm³/mol. The Morgan fingerprint density at radius 2 is 1.93 bits per heavy atom. The number of sulfonamides is 1. The van der Waals surface area contributed by atoms with Gasteiger partial charge in [0.15, 0.2) is 0 Å². The molecule has 1 aliphatic heterocycles. The van der Waals surface area contributed by atoms with Gasteiger partial charge in [0.1, 0.15) is 16.4 Å². The maximum Gasteiger partial charge on any atom is 0.348 e. The first-order valence-electron chi connectivity index (χ1n) is 9.16. The van der Waals surface area contributed by atoms with E-state index in [1.54, 1.807) is 31.2 Å². The molecule has 1 heterocycles. The second kappa shape index (κ2) is 8.62. The lowest BCUT2D eigenvalue weighted by atomic mass is 10.2. The molecular formula is C20H22N2O7S. The number of hydrogen-bond donors (Lipinski definition) is 1. The highest BCUT2D eigenvalue weighted by Crippen LogP contribution is 2.39. The summed E-state index contributed by atoms with van der Waals surface area (Å²) in [6.07, 6.45) is -1.14. The number of esters is 1. The van der Waals surface area contributed by atoms with E-state index < -0.39 is 28.0 Å². The summed E-state index contributed by atoms with van der Waals surface area (Å²) in [6, 6.07) is 10.6. The molecule has 0 saturated carbocycles. The molecule has 2 aromatic carbocycles. The quantitative estimate of drug-likeness (QED) is 0.687. The van der Waals surface area contributed by atoms with Crippen molar-refractivity contribution in [1.29, 1.82) is 0 Å². The Kier molecular flexibility index (Phi) is 6.16. The molecule has 160 valence electrons. The van der Waals surface area contributed by atoms with Gasteiger partial charge in [-0.15, -0.1) is 0 Å². The Labute approximate surface area is 174 Å². The molecule has 0 aliphatic carbocycles. The molecule has 9 nitrogen and oxygen atoms in total. The van der Waals surface area contributed by atoms with Crippen LogP contribution >= 0.6 is 0 Å². The normalized spacial score (nSPS) is 15.6. The van der Waals surface area contributed by atoms with E-state index in [0.717, 1.165) is 4.31 Å². The van der Waals surface area contributed by atoms with E-state index in [4.69, 9.17) is 14.2 Å². The number of para-hydroxylation sites is 2. The number of carbonyl (C=O) groups is 2. The van der Waals surface area contributed by atoms with Gasteiger partial charge in [0.05, 0.1) is 26.5 Å². The van der Waals surface area contributed by atoms with Crippen molar-refractivity contribution >= 4 is 27.6 Å². The average Bonchev–Trinajstić information content (AvgIpc) is 2.77. The van der Waals surface area contributed by atoms with Gasteiger partial charge in [-0.1, -0.05) is 12.1 Å². The van der Waals surface area contributed by atoms with Gasteiger partial charge in [-0.2, -0.15) is 0 Å². The number of amides is 1. The average molecular weight is 434 g/mol. The van der Waals surface area contributed by atoms with Crippen LogP contribution in [0.5, 0.6) is 11.5 Å². The summed E-state index contributed by atoms with van der Waals surface area (Å²) in [4.78, 5) is 24.1. The summed E-state index contributed by atoms with van der Waals surface area (Å²) in [6.45, 7) is 1.86. The van der Waals surface area contributed by atoms with E-state index in [9.17, 15) is 18.0 Å². The van der Waals surface area contributed by atoms with E-state index in [2.05, 4.69) is 5.32 Å². The van der Waals surface area contributed by atoms with Crippen molar-refractivity contribution in [2.45, 2.75) is 17.9 Å². The summed E-state index contributed by atoms with van der Waals surface area (Å²) < 4.78 is 43.9. The second-order valence-electron chi connectivity index (χ2n) is 6.36. The molecule has 0 unspecified atom stereocenters. The fraction of sp³-hybridized carbons (Fsp3) is 0.300. The smallest absolute Gasteiger partial charge is 0.348 e. The first kappa shape index (κ1) is 21.4. The highest BCUT2D eigenvalue weighted by Gasteiger charge is 2.39. The lowest BCUT2D eigenvalue weighted by Crippen LogP contribution is -2.47. The number of anilines is 1. The maximum atomic E-state index is 13.6. The monoisotopic (exact) mass is 434 g/mol. The molecule has 0 spiro atoms. The topological polar surface area (TPSA) is 111 Å². The van der Waals surface area contributed by atoms with Crippen molar-refractivity contribution in [3.63, 3.8) is 0 Å². The molecule has 1 N–H and O–H groups in total. The van der Waals surface area contributed by atoms with Gasteiger partial charge >= 0.3 is 5.97 Å². The molecule has 0 saturated heterocycles. The van der Waals surface area contributed by atoms with Crippen molar-refractivity contribution in [2.75, 3.05) is 31.6 Å². The number of benzene rings is 2. The number of ether oxygens (including phenoxy) is 3. The van der Waals surface area contributed by atoms with Gasteiger partial charge in [-0.05, 0) is 37.3 Å². The fourth-order valence-electron chi connectivity index (χ4n) is 3.08.